The first-order chi connectivity index (χ1) is 15.7. The average Bonchev–Trinajstić information content (AvgIpc) is 2.79. The molecule has 1 aromatic carbocycles. The van der Waals surface area contributed by atoms with Crippen molar-refractivity contribution in [1.82, 2.24) is 4.98 Å². The Morgan fingerprint density at radius 1 is 1.18 bits per heavy atom. The molecule has 12 nitrogen and oxygen atoms in total. The van der Waals surface area contributed by atoms with Gasteiger partial charge >= 0.3 is 13.8 Å². The zero-order valence-corrected chi connectivity index (χ0v) is 18.2. The number of phosphoric acid groups is 1. The fourth-order valence-corrected chi connectivity index (χ4v) is 3.81. The van der Waals surface area contributed by atoms with Gasteiger partial charge in [0.2, 0.25) is 6.29 Å². The minimum Gasteiger partial charge on any atom is -0.461 e. The molecule has 0 amide bonds. The van der Waals surface area contributed by atoms with Gasteiger partial charge < -0.3 is 39.9 Å². The summed E-state index contributed by atoms with van der Waals surface area (Å²) in [5.74, 6) is -0.649. The van der Waals surface area contributed by atoms with Crippen molar-refractivity contribution in [3.63, 3.8) is 0 Å². The maximum Gasteiger partial charge on any atom is 0.470 e. The number of nitrogens with two attached hydrogens (primary N) is 1. The number of hydrogen-bond donors (Lipinski definition) is 5. The number of esters is 1. The number of ether oxygens (including phenoxy) is 3. The minimum atomic E-state index is -5.15. The van der Waals surface area contributed by atoms with Crippen molar-refractivity contribution in [2.45, 2.75) is 37.1 Å². The third-order valence-corrected chi connectivity index (χ3v) is 5.32. The molecule has 1 saturated heterocycles. The first kappa shape index (κ1) is 25.2. The largest absolute Gasteiger partial charge is 0.470 e. The molecule has 6 N–H and O–H groups in total. The van der Waals surface area contributed by atoms with Crippen LogP contribution in [0.5, 0.6) is 5.75 Å². The van der Waals surface area contributed by atoms with Gasteiger partial charge in [-0.25, -0.2) is 9.36 Å². The summed E-state index contributed by atoms with van der Waals surface area (Å²) in [4.78, 5) is 35.1. The third kappa shape index (κ3) is 6.79. The molecule has 0 spiro atoms. The minimum absolute atomic E-state index is 0.0380. The van der Waals surface area contributed by atoms with Gasteiger partial charge in [0.25, 0.3) is 0 Å². The Balaban J connectivity index is 1.91. The van der Waals surface area contributed by atoms with Crippen molar-refractivity contribution in [1.29, 1.82) is 0 Å². The Hall–Kier alpha value is -2.41. The number of rotatable bonds is 9. The summed E-state index contributed by atoms with van der Waals surface area (Å²) in [6, 6.07) is 9.62. The highest BCUT2D eigenvalue weighted by Crippen LogP contribution is 2.42. The predicted molar refractivity (Wildman–Crippen MR) is 112 cm³/mol. The zero-order chi connectivity index (χ0) is 24.0. The van der Waals surface area contributed by atoms with Gasteiger partial charge in [0, 0.05) is 12.4 Å². The number of carbonyl (C=O) groups is 1. The summed E-state index contributed by atoms with van der Waals surface area (Å²) >= 11 is 0. The molecule has 1 aromatic heterocycles. The molecule has 0 bridgehead atoms. The van der Waals surface area contributed by atoms with E-state index in [-0.39, 0.29) is 11.3 Å². The summed E-state index contributed by atoms with van der Waals surface area (Å²) in [6.45, 7) is -0.267. The molecule has 0 saturated carbocycles. The van der Waals surface area contributed by atoms with Gasteiger partial charge in [-0.05, 0) is 42.8 Å². The van der Waals surface area contributed by atoms with Crippen LogP contribution in [0.25, 0.3) is 0 Å². The van der Waals surface area contributed by atoms with Crippen LogP contribution < -0.4 is 10.5 Å². The lowest BCUT2D eigenvalue weighted by atomic mass is 9.99. The summed E-state index contributed by atoms with van der Waals surface area (Å²) in [5, 5.41) is 20.1. The fourth-order valence-electron chi connectivity index (χ4n) is 3.25. The van der Waals surface area contributed by atoms with Crippen LogP contribution >= 0.6 is 7.82 Å². The Morgan fingerprint density at radius 3 is 2.48 bits per heavy atom. The van der Waals surface area contributed by atoms with Gasteiger partial charge in [-0.15, -0.1) is 0 Å². The lowest BCUT2D eigenvalue weighted by Gasteiger charge is -2.42. The van der Waals surface area contributed by atoms with Gasteiger partial charge in [0.1, 0.15) is 24.1 Å². The highest BCUT2D eigenvalue weighted by Gasteiger charge is 2.51. The van der Waals surface area contributed by atoms with E-state index in [4.69, 9.17) is 24.5 Å². The molecule has 1 aliphatic rings. The van der Waals surface area contributed by atoms with Gasteiger partial charge in [0.05, 0.1) is 12.2 Å². The number of aliphatic hydroxyl groups is 2. The van der Waals surface area contributed by atoms with E-state index in [1.807, 2.05) is 0 Å². The van der Waals surface area contributed by atoms with Crippen LogP contribution in [0.1, 0.15) is 15.9 Å². The van der Waals surface area contributed by atoms with Crippen LogP contribution in [0.4, 0.5) is 0 Å². The van der Waals surface area contributed by atoms with Crippen LogP contribution in [-0.2, 0) is 25.0 Å². The summed E-state index contributed by atoms with van der Waals surface area (Å²) in [6.07, 6.45) is -4.66. The molecule has 2 heterocycles. The van der Waals surface area contributed by atoms with E-state index in [1.54, 1.807) is 24.3 Å². The predicted octanol–water partition coefficient (Wildman–Crippen LogP) is -0.257. The SMILES string of the molecule is NCCc1ccc(O[C@@H]2O[C@H](CO)[C@@H](O)[C@H](OP(=O)(O)O)[C@H]2OC(=O)c2cccnc2)cc1. The summed E-state index contributed by atoms with van der Waals surface area (Å²) in [5.41, 5.74) is 6.52. The fraction of sp³-hybridized carbons (Fsp3) is 0.400. The molecular formula is C20H25N2O10P. The van der Waals surface area contributed by atoms with Crippen molar-refractivity contribution >= 4 is 13.8 Å². The molecule has 3 rings (SSSR count). The highest BCUT2D eigenvalue weighted by atomic mass is 31.2. The number of aliphatic hydroxyl groups excluding tert-OH is 2. The van der Waals surface area contributed by atoms with E-state index in [0.29, 0.717) is 13.0 Å². The second kappa shape index (κ2) is 11.1. The molecule has 2 aromatic rings. The number of aromatic nitrogens is 1. The number of phosphoric ester groups is 1. The maximum atomic E-state index is 12.6. The second-order valence-corrected chi connectivity index (χ2v) is 8.38. The molecule has 0 unspecified atom stereocenters. The molecule has 13 heteroatoms. The first-order valence-electron chi connectivity index (χ1n) is 9.97. The van der Waals surface area contributed by atoms with Crippen molar-refractivity contribution in [3.8, 4) is 5.75 Å². The lowest BCUT2D eigenvalue weighted by molar-refractivity contribution is -0.273. The van der Waals surface area contributed by atoms with Gasteiger partial charge in [-0.2, -0.15) is 0 Å². The van der Waals surface area contributed by atoms with E-state index in [2.05, 4.69) is 4.98 Å². The number of benzene rings is 1. The number of nitrogens with zero attached hydrogens (tertiary/aromatic N) is 1. The van der Waals surface area contributed by atoms with Crippen LogP contribution in [0.3, 0.4) is 0 Å². The smallest absolute Gasteiger partial charge is 0.461 e. The molecule has 180 valence electrons. The van der Waals surface area contributed by atoms with Crippen LogP contribution in [0.2, 0.25) is 0 Å². The summed E-state index contributed by atoms with van der Waals surface area (Å²) < 4.78 is 33.0. The third-order valence-electron chi connectivity index (χ3n) is 4.81. The van der Waals surface area contributed by atoms with Crippen molar-refractivity contribution in [2.24, 2.45) is 5.73 Å². The summed E-state index contributed by atoms with van der Waals surface area (Å²) in [7, 11) is -5.15. The lowest BCUT2D eigenvalue weighted by Crippen LogP contribution is -2.62. The Labute approximate surface area is 189 Å². The van der Waals surface area contributed by atoms with Crippen LogP contribution in [-0.4, -0.2) is 74.8 Å². The van der Waals surface area contributed by atoms with E-state index >= 15 is 0 Å². The number of pyridine rings is 1. The van der Waals surface area contributed by atoms with Crippen molar-refractivity contribution in [3.05, 3.63) is 59.9 Å². The normalized spacial score (nSPS) is 25.4. The van der Waals surface area contributed by atoms with Crippen molar-refractivity contribution < 1.29 is 48.1 Å². The molecule has 0 radical (unpaired) electrons. The Bertz CT molecular complexity index is 955. The Morgan fingerprint density at radius 2 is 1.91 bits per heavy atom. The van der Waals surface area contributed by atoms with E-state index < -0.39 is 51.1 Å². The molecule has 1 fully saturated rings. The Kier molecular flexibility index (Phi) is 8.51. The zero-order valence-electron chi connectivity index (χ0n) is 17.3. The maximum absolute atomic E-state index is 12.6. The molecule has 1 aliphatic heterocycles. The standard InChI is InChI=1S/C20H25N2O10P/c21-8-7-12-3-5-14(6-4-12)29-20-18(31-19(25)13-2-1-9-22-10-13)17(32-33(26,27)28)16(24)15(11-23)30-20/h1-6,9-10,15-18,20,23-24H,7-8,11,21H2,(H2,26,27,28)/t15-,16-,17+,18-,20-/m1/s1. The number of carbonyl (C=O) groups excluding carboxylic acids is 1. The van der Waals surface area contributed by atoms with Crippen LogP contribution in [0, 0.1) is 0 Å². The van der Waals surface area contributed by atoms with E-state index in [9.17, 15) is 29.4 Å². The molecule has 5 atom stereocenters. The molecule has 0 aliphatic carbocycles. The van der Waals surface area contributed by atoms with Gasteiger partial charge in [-0.3, -0.25) is 9.51 Å². The van der Waals surface area contributed by atoms with E-state index in [0.717, 1.165) is 5.56 Å². The van der Waals surface area contributed by atoms with Gasteiger partial charge in [-0.1, -0.05) is 12.1 Å². The highest BCUT2D eigenvalue weighted by molar-refractivity contribution is 7.46. The quantitative estimate of drug-likeness (QED) is 0.232. The monoisotopic (exact) mass is 484 g/mol. The first-order valence-corrected chi connectivity index (χ1v) is 11.5. The van der Waals surface area contributed by atoms with Gasteiger partial charge in [0.15, 0.2) is 6.10 Å². The molecular weight excluding hydrogens is 459 g/mol. The van der Waals surface area contributed by atoms with Crippen LogP contribution in [0.15, 0.2) is 48.8 Å². The molecule has 33 heavy (non-hydrogen) atoms. The average molecular weight is 484 g/mol. The number of hydrogen-bond acceptors (Lipinski definition) is 10. The topological polar surface area (TPSA) is 191 Å². The van der Waals surface area contributed by atoms with Crippen molar-refractivity contribution in [2.75, 3.05) is 13.2 Å². The second-order valence-electron chi connectivity index (χ2n) is 7.19. The van der Waals surface area contributed by atoms with E-state index in [1.165, 1.54) is 24.5 Å².